The first-order valence-corrected chi connectivity index (χ1v) is 12.3. The van der Waals surface area contributed by atoms with Crippen molar-refractivity contribution in [3.63, 3.8) is 0 Å². The lowest BCUT2D eigenvalue weighted by molar-refractivity contribution is 0.125. The third kappa shape index (κ3) is 5.85. The van der Waals surface area contributed by atoms with Crippen LogP contribution in [0.2, 0.25) is 0 Å². The number of guanidine groups is 1. The van der Waals surface area contributed by atoms with E-state index in [2.05, 4.69) is 34.7 Å². The summed E-state index contributed by atoms with van der Waals surface area (Å²) in [6.07, 6.45) is 2.93. The predicted octanol–water partition coefficient (Wildman–Crippen LogP) is 1.82. The van der Waals surface area contributed by atoms with Crippen molar-refractivity contribution in [3.8, 4) is 5.75 Å². The zero-order chi connectivity index (χ0) is 20.9. The SMILES string of the molecule is CCNC(=NCC1CCCN(C)C1c1ccc(OC)cc1)NC1CCS(=O)(=O)C1. The van der Waals surface area contributed by atoms with E-state index in [1.165, 1.54) is 5.56 Å². The van der Waals surface area contributed by atoms with Crippen LogP contribution in [0.4, 0.5) is 0 Å². The van der Waals surface area contributed by atoms with Gasteiger partial charge in [-0.25, -0.2) is 8.42 Å². The summed E-state index contributed by atoms with van der Waals surface area (Å²) >= 11 is 0. The summed E-state index contributed by atoms with van der Waals surface area (Å²) in [6, 6.07) is 8.59. The number of sulfone groups is 1. The maximum Gasteiger partial charge on any atom is 0.191 e. The predicted molar refractivity (Wildman–Crippen MR) is 117 cm³/mol. The van der Waals surface area contributed by atoms with Crippen LogP contribution in [0.15, 0.2) is 29.3 Å². The third-order valence-electron chi connectivity index (χ3n) is 5.87. The van der Waals surface area contributed by atoms with Crippen molar-refractivity contribution < 1.29 is 13.2 Å². The fourth-order valence-electron chi connectivity index (χ4n) is 4.41. The van der Waals surface area contributed by atoms with Crippen LogP contribution >= 0.6 is 0 Å². The average molecular weight is 423 g/mol. The summed E-state index contributed by atoms with van der Waals surface area (Å²) in [5.74, 6) is 2.45. The molecule has 0 radical (unpaired) electrons. The highest BCUT2D eigenvalue weighted by molar-refractivity contribution is 7.91. The summed E-state index contributed by atoms with van der Waals surface area (Å²) in [6.45, 7) is 4.56. The van der Waals surface area contributed by atoms with Crippen LogP contribution in [-0.4, -0.2) is 70.6 Å². The van der Waals surface area contributed by atoms with Crippen molar-refractivity contribution in [1.29, 1.82) is 0 Å². The minimum atomic E-state index is -2.91. The minimum absolute atomic E-state index is 0.0517. The van der Waals surface area contributed by atoms with Crippen molar-refractivity contribution in [3.05, 3.63) is 29.8 Å². The molecule has 0 spiro atoms. The van der Waals surface area contributed by atoms with Gasteiger partial charge in [-0.3, -0.25) is 9.89 Å². The number of nitrogens with zero attached hydrogens (tertiary/aromatic N) is 2. The number of piperidine rings is 1. The van der Waals surface area contributed by atoms with Crippen LogP contribution in [0.3, 0.4) is 0 Å². The summed E-state index contributed by atoms with van der Waals surface area (Å²) in [7, 11) is 0.951. The van der Waals surface area contributed by atoms with E-state index in [9.17, 15) is 8.42 Å². The van der Waals surface area contributed by atoms with Gasteiger partial charge in [0.25, 0.3) is 0 Å². The molecule has 8 heteroatoms. The van der Waals surface area contributed by atoms with Crippen LogP contribution in [0.1, 0.15) is 37.8 Å². The van der Waals surface area contributed by atoms with E-state index in [0.717, 1.165) is 37.6 Å². The zero-order valence-electron chi connectivity index (χ0n) is 17.7. The van der Waals surface area contributed by atoms with Crippen molar-refractivity contribution in [2.45, 2.75) is 38.3 Å². The molecule has 3 rings (SSSR count). The Balaban J connectivity index is 1.71. The Morgan fingerprint density at radius 2 is 2.03 bits per heavy atom. The lowest BCUT2D eigenvalue weighted by Gasteiger charge is -2.39. The molecule has 0 bridgehead atoms. The van der Waals surface area contributed by atoms with E-state index < -0.39 is 9.84 Å². The van der Waals surface area contributed by atoms with Crippen molar-refractivity contribution in [2.24, 2.45) is 10.9 Å². The molecule has 3 unspecified atom stereocenters. The first kappa shape index (κ1) is 21.9. The van der Waals surface area contributed by atoms with Crippen molar-refractivity contribution in [1.82, 2.24) is 15.5 Å². The van der Waals surface area contributed by atoms with Gasteiger partial charge < -0.3 is 15.4 Å². The van der Waals surface area contributed by atoms with E-state index in [-0.39, 0.29) is 17.5 Å². The van der Waals surface area contributed by atoms with E-state index in [1.807, 2.05) is 19.1 Å². The highest BCUT2D eigenvalue weighted by atomic mass is 32.2. The lowest BCUT2D eigenvalue weighted by Crippen LogP contribution is -2.44. The molecule has 2 aliphatic heterocycles. The number of nitrogens with one attached hydrogen (secondary N) is 2. The van der Waals surface area contributed by atoms with Gasteiger partial charge in [-0.2, -0.15) is 0 Å². The largest absolute Gasteiger partial charge is 0.497 e. The van der Waals surface area contributed by atoms with Gasteiger partial charge in [0.05, 0.1) is 18.6 Å². The van der Waals surface area contributed by atoms with E-state index in [1.54, 1.807) is 7.11 Å². The number of hydrogen-bond donors (Lipinski definition) is 2. The molecule has 2 aliphatic rings. The molecular formula is C21H34N4O3S. The highest BCUT2D eigenvalue weighted by Crippen LogP contribution is 2.35. The summed E-state index contributed by atoms with van der Waals surface area (Å²) in [5, 5.41) is 6.59. The van der Waals surface area contributed by atoms with Gasteiger partial charge in [-0.1, -0.05) is 12.1 Å². The molecule has 162 valence electrons. The standard InChI is InChI=1S/C21H34N4O3S/c1-4-22-21(24-18-11-13-29(26,27)15-18)23-14-17-6-5-12-25(2)20(17)16-7-9-19(28-3)10-8-16/h7-10,17-18,20H,4-6,11-15H2,1-3H3,(H2,22,23,24). The Labute approximate surface area is 174 Å². The van der Waals surface area contributed by atoms with Gasteiger partial charge in [-0.15, -0.1) is 0 Å². The molecule has 7 nitrogen and oxygen atoms in total. The van der Waals surface area contributed by atoms with Crippen LogP contribution in [0.5, 0.6) is 5.75 Å². The van der Waals surface area contributed by atoms with Gasteiger partial charge in [0, 0.05) is 25.2 Å². The van der Waals surface area contributed by atoms with Gasteiger partial charge in [0.15, 0.2) is 15.8 Å². The Kier molecular flexibility index (Phi) is 7.40. The molecule has 3 atom stereocenters. The molecule has 2 fully saturated rings. The minimum Gasteiger partial charge on any atom is -0.497 e. The molecule has 2 saturated heterocycles. The smallest absolute Gasteiger partial charge is 0.191 e. The summed E-state index contributed by atoms with van der Waals surface area (Å²) < 4.78 is 28.8. The van der Waals surface area contributed by atoms with Crippen molar-refractivity contribution >= 4 is 15.8 Å². The van der Waals surface area contributed by atoms with E-state index >= 15 is 0 Å². The maximum atomic E-state index is 11.8. The molecule has 0 aromatic heterocycles. The normalized spacial score (nSPS) is 27.6. The second-order valence-electron chi connectivity index (χ2n) is 8.06. The lowest BCUT2D eigenvalue weighted by atomic mass is 9.85. The number of likely N-dealkylation sites (tertiary alicyclic amines) is 1. The average Bonchev–Trinajstić information content (AvgIpc) is 3.05. The quantitative estimate of drug-likeness (QED) is 0.538. The molecule has 0 saturated carbocycles. The topological polar surface area (TPSA) is 83.0 Å². The molecule has 1 aromatic carbocycles. The Morgan fingerprint density at radius 3 is 2.66 bits per heavy atom. The van der Waals surface area contributed by atoms with Crippen LogP contribution in [0.25, 0.3) is 0 Å². The Hall–Kier alpha value is -1.80. The molecule has 0 aliphatic carbocycles. The van der Waals surface area contributed by atoms with Crippen LogP contribution in [-0.2, 0) is 9.84 Å². The maximum absolute atomic E-state index is 11.8. The molecule has 2 N–H and O–H groups in total. The van der Waals surface area contributed by atoms with Gasteiger partial charge in [0.1, 0.15) is 5.75 Å². The van der Waals surface area contributed by atoms with Gasteiger partial charge >= 0.3 is 0 Å². The number of ether oxygens (including phenoxy) is 1. The molecular weight excluding hydrogens is 388 g/mol. The number of methoxy groups -OCH3 is 1. The second kappa shape index (κ2) is 9.80. The highest BCUT2D eigenvalue weighted by Gasteiger charge is 2.31. The Morgan fingerprint density at radius 1 is 1.28 bits per heavy atom. The third-order valence-corrected chi connectivity index (χ3v) is 7.63. The first-order valence-electron chi connectivity index (χ1n) is 10.5. The molecule has 0 amide bonds. The number of benzene rings is 1. The number of rotatable bonds is 6. The molecule has 2 heterocycles. The zero-order valence-corrected chi connectivity index (χ0v) is 18.5. The van der Waals surface area contributed by atoms with Gasteiger partial charge in [-0.05, 0) is 63.4 Å². The van der Waals surface area contributed by atoms with Crippen LogP contribution in [0, 0.1) is 5.92 Å². The second-order valence-corrected chi connectivity index (χ2v) is 10.3. The van der Waals surface area contributed by atoms with Crippen LogP contribution < -0.4 is 15.4 Å². The summed E-state index contributed by atoms with van der Waals surface area (Å²) in [4.78, 5) is 7.25. The van der Waals surface area contributed by atoms with Gasteiger partial charge in [0.2, 0.25) is 0 Å². The van der Waals surface area contributed by atoms with E-state index in [0.29, 0.717) is 24.9 Å². The van der Waals surface area contributed by atoms with E-state index in [4.69, 9.17) is 9.73 Å². The number of aliphatic imine (C=N–C) groups is 1. The fourth-order valence-corrected chi connectivity index (χ4v) is 6.08. The van der Waals surface area contributed by atoms with Crippen molar-refractivity contribution in [2.75, 3.05) is 45.3 Å². The number of hydrogen-bond acceptors (Lipinski definition) is 5. The Bertz CT molecular complexity index is 795. The monoisotopic (exact) mass is 422 g/mol. The summed E-state index contributed by atoms with van der Waals surface area (Å²) in [5.41, 5.74) is 1.29. The molecule has 29 heavy (non-hydrogen) atoms. The molecule has 1 aromatic rings. The fraction of sp³-hybridized carbons (Fsp3) is 0.667. The first-order chi connectivity index (χ1) is 13.9.